The number of carbonyl (C=O) groups is 1. The van der Waals surface area contributed by atoms with E-state index in [1.165, 1.54) is 12.3 Å². The molecule has 4 rings (SSSR count). The predicted molar refractivity (Wildman–Crippen MR) is 154 cm³/mol. The van der Waals surface area contributed by atoms with Crippen molar-refractivity contribution in [2.45, 2.75) is 26.4 Å². The fourth-order valence-electron chi connectivity index (χ4n) is 4.02. The Morgan fingerprint density at radius 3 is 2.61 bits per heavy atom. The van der Waals surface area contributed by atoms with Gasteiger partial charge in [-0.2, -0.15) is 10.4 Å². The van der Waals surface area contributed by atoms with Crippen LogP contribution in [0.1, 0.15) is 58.3 Å². The number of aromatic nitrogens is 4. The number of hydrogen-bond acceptors (Lipinski definition) is 8. The van der Waals surface area contributed by atoms with Gasteiger partial charge in [-0.05, 0) is 61.0 Å². The van der Waals surface area contributed by atoms with Crippen molar-refractivity contribution in [1.82, 2.24) is 25.5 Å². The molecule has 10 nitrogen and oxygen atoms in total. The molecule has 1 amide bonds. The number of allylic oxidation sites excluding steroid dienone is 1. The van der Waals surface area contributed by atoms with E-state index in [-0.39, 0.29) is 17.2 Å². The number of nitrogens with one attached hydrogen (secondary N) is 4. The van der Waals surface area contributed by atoms with Crippen molar-refractivity contribution in [3.63, 3.8) is 0 Å². The number of aromatic amines is 1. The second-order valence-electron chi connectivity index (χ2n) is 9.05. The Morgan fingerprint density at radius 2 is 1.95 bits per heavy atom. The molecule has 0 radical (unpaired) electrons. The SMILES string of the molecule is C=Nc1[nH]nc(NC)c1/C=C(\C)c1ccc(CNc2ncc(C#N)nc2C(=O)N[C@@H](C)c2ccc(F)c(F)c2)cc1. The smallest absolute Gasteiger partial charge is 0.274 e. The zero-order valence-corrected chi connectivity index (χ0v) is 22.6. The van der Waals surface area contributed by atoms with Gasteiger partial charge in [-0.25, -0.2) is 23.7 Å². The summed E-state index contributed by atoms with van der Waals surface area (Å²) in [5, 5.41) is 25.1. The lowest BCUT2D eigenvalue weighted by Crippen LogP contribution is -2.29. The van der Waals surface area contributed by atoms with Gasteiger partial charge in [-0.3, -0.25) is 9.89 Å². The highest BCUT2D eigenvalue weighted by atomic mass is 19.2. The number of nitrogens with zero attached hydrogens (tertiary/aromatic N) is 5. The number of benzene rings is 2. The lowest BCUT2D eigenvalue weighted by molar-refractivity contribution is 0.0935. The molecular weight excluding hydrogens is 528 g/mol. The van der Waals surface area contributed by atoms with Crippen molar-refractivity contribution in [3.05, 3.63) is 93.9 Å². The first-order chi connectivity index (χ1) is 19.7. The van der Waals surface area contributed by atoms with E-state index in [2.05, 4.69) is 47.8 Å². The third kappa shape index (κ3) is 6.59. The molecule has 208 valence electrons. The Bertz CT molecular complexity index is 1660. The van der Waals surface area contributed by atoms with E-state index >= 15 is 0 Å². The number of rotatable bonds is 10. The van der Waals surface area contributed by atoms with E-state index in [0.29, 0.717) is 23.7 Å². The molecule has 0 aliphatic rings. The van der Waals surface area contributed by atoms with Crippen LogP contribution in [0.3, 0.4) is 0 Å². The highest BCUT2D eigenvalue weighted by molar-refractivity contribution is 5.97. The van der Waals surface area contributed by atoms with Crippen LogP contribution >= 0.6 is 0 Å². The van der Waals surface area contributed by atoms with Gasteiger partial charge in [0.25, 0.3) is 5.91 Å². The van der Waals surface area contributed by atoms with Crippen molar-refractivity contribution in [1.29, 1.82) is 5.26 Å². The van der Waals surface area contributed by atoms with Crippen LogP contribution < -0.4 is 16.0 Å². The van der Waals surface area contributed by atoms with Gasteiger partial charge in [0.2, 0.25) is 0 Å². The van der Waals surface area contributed by atoms with Crippen molar-refractivity contribution < 1.29 is 13.6 Å². The molecule has 2 heterocycles. The number of hydrogen-bond donors (Lipinski definition) is 4. The molecule has 1 atom stereocenters. The summed E-state index contributed by atoms with van der Waals surface area (Å²) in [6, 6.07) is 12.4. The highest BCUT2D eigenvalue weighted by Gasteiger charge is 2.20. The normalized spacial score (nSPS) is 11.9. The molecule has 4 aromatic rings. The zero-order chi connectivity index (χ0) is 29.5. The fraction of sp³-hybridized carbons (Fsp3) is 0.172. The number of H-pyrrole nitrogens is 1. The van der Waals surface area contributed by atoms with Crippen LogP contribution in [-0.4, -0.2) is 39.8 Å². The molecule has 12 heteroatoms. The Hall–Kier alpha value is -5.44. The summed E-state index contributed by atoms with van der Waals surface area (Å²) in [5.74, 6) is -1.23. The predicted octanol–water partition coefficient (Wildman–Crippen LogP) is 5.39. The molecule has 0 fully saturated rings. The summed E-state index contributed by atoms with van der Waals surface area (Å²) in [6.45, 7) is 7.49. The van der Waals surface area contributed by atoms with E-state index in [9.17, 15) is 18.8 Å². The number of amides is 1. The lowest BCUT2D eigenvalue weighted by atomic mass is 10.0. The van der Waals surface area contributed by atoms with Gasteiger partial charge < -0.3 is 16.0 Å². The average Bonchev–Trinajstić information content (AvgIpc) is 3.38. The highest BCUT2D eigenvalue weighted by Crippen LogP contribution is 2.28. The second kappa shape index (κ2) is 12.6. The molecule has 0 saturated heterocycles. The summed E-state index contributed by atoms with van der Waals surface area (Å²) in [5.41, 5.74) is 3.91. The minimum atomic E-state index is -1.02. The standard InChI is InChI=1S/C29H27F2N9O/c1-16(11-22-26(33-3)39-40-27(22)34-4)19-7-5-18(6-8-19)14-35-28-25(38-21(13-32)15-36-28)29(41)37-17(2)20-9-10-23(30)24(31)12-20/h5-12,15,17H,3,14H2,1-2,4H3,(H,35,36)(H,37,41)(H2,34,39,40)/b16-11+/t17-/m0/s1. The molecule has 0 spiro atoms. The van der Waals surface area contributed by atoms with Gasteiger partial charge in [-0.15, -0.1) is 0 Å². The van der Waals surface area contributed by atoms with Crippen molar-refractivity contribution in [2.75, 3.05) is 17.7 Å². The first-order valence-corrected chi connectivity index (χ1v) is 12.5. The Morgan fingerprint density at radius 1 is 1.20 bits per heavy atom. The first kappa shape index (κ1) is 28.6. The van der Waals surface area contributed by atoms with Crippen LogP contribution in [0.25, 0.3) is 11.6 Å². The van der Waals surface area contributed by atoms with Crippen LogP contribution in [-0.2, 0) is 6.54 Å². The van der Waals surface area contributed by atoms with E-state index in [0.717, 1.165) is 34.4 Å². The topological polar surface area (TPSA) is 144 Å². The van der Waals surface area contributed by atoms with Gasteiger partial charge >= 0.3 is 0 Å². The molecule has 0 aliphatic carbocycles. The maximum Gasteiger partial charge on any atom is 0.274 e. The summed E-state index contributed by atoms with van der Waals surface area (Å²) < 4.78 is 27.0. The largest absolute Gasteiger partial charge is 0.371 e. The van der Waals surface area contributed by atoms with Gasteiger partial charge in [0.05, 0.1) is 17.8 Å². The molecule has 0 unspecified atom stereocenters. The van der Waals surface area contributed by atoms with Crippen LogP contribution in [0.2, 0.25) is 0 Å². The van der Waals surface area contributed by atoms with Gasteiger partial charge in [0, 0.05) is 13.6 Å². The fourth-order valence-corrected chi connectivity index (χ4v) is 4.02. The van der Waals surface area contributed by atoms with Crippen LogP contribution in [0.15, 0.2) is 53.7 Å². The first-order valence-electron chi connectivity index (χ1n) is 12.5. The van der Waals surface area contributed by atoms with Gasteiger partial charge in [0.15, 0.2) is 40.5 Å². The molecular formula is C29H27F2N9O. The summed E-state index contributed by atoms with van der Waals surface area (Å²) in [7, 11) is 1.78. The maximum atomic E-state index is 13.7. The zero-order valence-electron chi connectivity index (χ0n) is 22.6. The molecule has 2 aromatic carbocycles. The number of nitriles is 1. The number of carbonyl (C=O) groups excluding carboxylic acids is 1. The molecule has 0 bridgehead atoms. The monoisotopic (exact) mass is 555 g/mol. The minimum Gasteiger partial charge on any atom is -0.371 e. The van der Waals surface area contributed by atoms with Crippen molar-refractivity contribution in [3.8, 4) is 6.07 Å². The van der Waals surface area contributed by atoms with Gasteiger partial charge in [0.1, 0.15) is 6.07 Å². The van der Waals surface area contributed by atoms with Crippen LogP contribution in [0.4, 0.5) is 26.2 Å². The summed E-state index contributed by atoms with van der Waals surface area (Å²) >= 11 is 0. The Kier molecular flexibility index (Phi) is 8.79. The van der Waals surface area contributed by atoms with E-state index < -0.39 is 23.6 Å². The molecule has 2 aromatic heterocycles. The lowest BCUT2D eigenvalue weighted by Gasteiger charge is -2.16. The molecule has 0 aliphatic heterocycles. The second-order valence-corrected chi connectivity index (χ2v) is 9.05. The quantitative estimate of drug-likeness (QED) is 0.192. The Balaban J connectivity index is 1.48. The molecule has 4 N–H and O–H groups in total. The number of halogens is 2. The number of anilines is 2. The van der Waals surface area contributed by atoms with E-state index in [4.69, 9.17) is 0 Å². The number of aliphatic imine (C=N–C) groups is 1. The van der Waals surface area contributed by atoms with Crippen molar-refractivity contribution in [2.24, 2.45) is 4.99 Å². The summed E-state index contributed by atoms with van der Waals surface area (Å²) in [6.07, 6.45) is 3.22. The Labute approximate surface area is 235 Å². The van der Waals surface area contributed by atoms with Gasteiger partial charge in [-0.1, -0.05) is 30.3 Å². The summed E-state index contributed by atoms with van der Waals surface area (Å²) in [4.78, 5) is 25.4. The van der Waals surface area contributed by atoms with E-state index in [1.54, 1.807) is 14.0 Å². The third-order valence-electron chi connectivity index (χ3n) is 6.30. The van der Waals surface area contributed by atoms with Crippen molar-refractivity contribution >= 4 is 41.7 Å². The minimum absolute atomic E-state index is 0.0401. The van der Waals surface area contributed by atoms with Crippen LogP contribution in [0.5, 0.6) is 0 Å². The third-order valence-corrected chi connectivity index (χ3v) is 6.30. The molecule has 41 heavy (non-hydrogen) atoms. The molecule has 0 saturated carbocycles. The average molecular weight is 556 g/mol. The van der Waals surface area contributed by atoms with E-state index in [1.807, 2.05) is 43.3 Å². The van der Waals surface area contributed by atoms with Crippen LogP contribution in [0, 0.1) is 23.0 Å². The maximum absolute atomic E-state index is 13.7.